The van der Waals surface area contributed by atoms with Gasteiger partial charge in [-0.15, -0.1) is 0 Å². The van der Waals surface area contributed by atoms with Crippen molar-refractivity contribution in [1.82, 2.24) is 15.2 Å². The Hall–Kier alpha value is -2.42. The Morgan fingerprint density at radius 2 is 2.17 bits per heavy atom. The third kappa shape index (κ3) is 4.54. The Morgan fingerprint density at radius 1 is 1.42 bits per heavy atom. The second-order valence-electron chi connectivity index (χ2n) is 5.15. The number of ether oxygens (including phenoxy) is 2. The lowest BCUT2D eigenvalue weighted by Gasteiger charge is -2.15. The summed E-state index contributed by atoms with van der Waals surface area (Å²) in [7, 11) is 1.57. The monoisotopic (exact) mass is 395 g/mol. The molecule has 0 unspecified atom stereocenters. The number of nitrogens with one attached hydrogen (secondary N) is 2. The van der Waals surface area contributed by atoms with Crippen LogP contribution >= 0.6 is 15.9 Å². The summed E-state index contributed by atoms with van der Waals surface area (Å²) in [6.45, 7) is 5.59. The van der Waals surface area contributed by atoms with Gasteiger partial charge in [0.25, 0.3) is 0 Å². The maximum Gasteiger partial charge on any atom is 0.363 e. The van der Waals surface area contributed by atoms with E-state index in [1.165, 1.54) is 0 Å². The lowest BCUT2D eigenvalue weighted by molar-refractivity contribution is 0.228. The van der Waals surface area contributed by atoms with Gasteiger partial charge in [-0.2, -0.15) is 15.2 Å². The molecule has 0 radical (unpaired) electrons. The number of hydrogen-bond acceptors (Lipinski definition) is 7. The summed E-state index contributed by atoms with van der Waals surface area (Å²) in [5.41, 5.74) is 3.46. The number of aromatic amines is 1. The maximum absolute atomic E-state index is 11.2. The minimum Gasteiger partial charge on any atom is -0.493 e. The predicted molar refractivity (Wildman–Crippen MR) is 95.1 cm³/mol. The van der Waals surface area contributed by atoms with E-state index in [1.807, 2.05) is 19.9 Å². The molecule has 0 bridgehead atoms. The van der Waals surface area contributed by atoms with Crippen LogP contribution in [0.2, 0.25) is 0 Å². The molecule has 0 amide bonds. The molecule has 2 rings (SSSR count). The summed E-state index contributed by atoms with van der Waals surface area (Å²) >= 11 is 3.47. The van der Waals surface area contributed by atoms with Crippen molar-refractivity contribution in [3.05, 3.63) is 38.3 Å². The first-order valence-corrected chi connectivity index (χ1v) is 7.96. The van der Waals surface area contributed by atoms with Crippen molar-refractivity contribution in [1.29, 1.82) is 0 Å². The molecule has 8 nitrogen and oxygen atoms in total. The third-order valence-corrected chi connectivity index (χ3v) is 3.45. The average molecular weight is 396 g/mol. The van der Waals surface area contributed by atoms with E-state index in [0.717, 1.165) is 10.0 Å². The molecule has 24 heavy (non-hydrogen) atoms. The van der Waals surface area contributed by atoms with Crippen LogP contribution in [0.5, 0.6) is 11.5 Å². The topological polar surface area (TPSA) is 101 Å². The standard InChI is InChI=1S/C15H18BrN5O3/c1-8(2)24-13-11(16)5-10(6-12(13)23-4)7-17-20-14-9(3)19-21-15(22)18-14/h5-8H,1-4H3,(H2,18,20,21,22)/b17-7+. The van der Waals surface area contributed by atoms with Crippen LogP contribution in [0.4, 0.5) is 5.82 Å². The van der Waals surface area contributed by atoms with Crippen molar-refractivity contribution in [2.45, 2.75) is 26.9 Å². The van der Waals surface area contributed by atoms with Crippen LogP contribution in [0.25, 0.3) is 0 Å². The Bertz CT molecular complexity index is 804. The summed E-state index contributed by atoms with van der Waals surface area (Å²) in [5.74, 6) is 1.52. The number of anilines is 1. The van der Waals surface area contributed by atoms with Gasteiger partial charge in [0.1, 0.15) is 5.69 Å². The van der Waals surface area contributed by atoms with E-state index < -0.39 is 5.69 Å². The second-order valence-corrected chi connectivity index (χ2v) is 6.00. The summed E-state index contributed by atoms with van der Waals surface area (Å²) in [6, 6.07) is 3.64. The Morgan fingerprint density at radius 3 is 2.83 bits per heavy atom. The zero-order chi connectivity index (χ0) is 17.7. The Labute approximate surface area is 147 Å². The number of nitrogens with zero attached hydrogens (tertiary/aromatic N) is 3. The maximum atomic E-state index is 11.2. The minimum absolute atomic E-state index is 0.0223. The van der Waals surface area contributed by atoms with Crippen molar-refractivity contribution in [2.24, 2.45) is 5.10 Å². The van der Waals surface area contributed by atoms with E-state index in [0.29, 0.717) is 23.0 Å². The van der Waals surface area contributed by atoms with Gasteiger partial charge in [-0.25, -0.2) is 9.89 Å². The van der Waals surface area contributed by atoms with Gasteiger partial charge in [-0.1, -0.05) is 0 Å². The summed E-state index contributed by atoms with van der Waals surface area (Å²) in [6.07, 6.45) is 1.60. The van der Waals surface area contributed by atoms with Crippen LogP contribution in [0, 0.1) is 6.92 Å². The largest absolute Gasteiger partial charge is 0.493 e. The number of halogens is 1. The molecule has 0 fully saturated rings. The zero-order valence-corrected chi connectivity index (χ0v) is 15.3. The molecule has 2 aromatic rings. The van der Waals surface area contributed by atoms with Crippen LogP contribution in [-0.2, 0) is 0 Å². The summed E-state index contributed by atoms with van der Waals surface area (Å²) in [5, 5.41) is 10.1. The molecule has 0 spiro atoms. The van der Waals surface area contributed by atoms with Crippen molar-refractivity contribution in [3.8, 4) is 11.5 Å². The number of aromatic nitrogens is 3. The van der Waals surface area contributed by atoms with E-state index in [2.05, 4.69) is 41.6 Å². The highest BCUT2D eigenvalue weighted by atomic mass is 79.9. The second kappa shape index (κ2) is 7.91. The quantitative estimate of drug-likeness (QED) is 0.575. The number of aryl methyl sites for hydroxylation is 1. The van der Waals surface area contributed by atoms with Gasteiger partial charge in [0, 0.05) is 0 Å². The summed E-state index contributed by atoms with van der Waals surface area (Å²) in [4.78, 5) is 14.9. The van der Waals surface area contributed by atoms with E-state index in [-0.39, 0.29) is 6.10 Å². The number of hydrogen-bond donors (Lipinski definition) is 2. The molecule has 0 saturated carbocycles. The van der Waals surface area contributed by atoms with Crippen molar-refractivity contribution in [3.63, 3.8) is 0 Å². The van der Waals surface area contributed by atoms with Crippen LogP contribution in [0.1, 0.15) is 25.1 Å². The summed E-state index contributed by atoms with van der Waals surface area (Å²) < 4.78 is 11.9. The van der Waals surface area contributed by atoms with Gasteiger partial charge in [0.2, 0.25) is 0 Å². The lowest BCUT2D eigenvalue weighted by atomic mass is 10.2. The molecule has 1 aromatic heterocycles. The molecule has 1 heterocycles. The molecule has 0 saturated heterocycles. The Balaban J connectivity index is 2.22. The number of methoxy groups -OCH3 is 1. The zero-order valence-electron chi connectivity index (χ0n) is 13.8. The Kier molecular flexibility index (Phi) is 5.91. The van der Waals surface area contributed by atoms with Gasteiger partial charge in [-0.3, -0.25) is 5.43 Å². The molecule has 128 valence electrons. The average Bonchev–Trinajstić information content (AvgIpc) is 2.52. The fourth-order valence-electron chi connectivity index (χ4n) is 1.83. The fourth-order valence-corrected chi connectivity index (χ4v) is 2.38. The van der Waals surface area contributed by atoms with Crippen molar-refractivity contribution < 1.29 is 9.47 Å². The highest BCUT2D eigenvalue weighted by molar-refractivity contribution is 9.10. The normalized spacial score (nSPS) is 11.1. The molecule has 1 aromatic carbocycles. The highest BCUT2D eigenvalue weighted by Crippen LogP contribution is 2.36. The van der Waals surface area contributed by atoms with E-state index in [1.54, 1.807) is 26.3 Å². The first-order chi connectivity index (χ1) is 11.4. The fraction of sp³-hybridized carbons (Fsp3) is 0.333. The van der Waals surface area contributed by atoms with Crippen LogP contribution in [-0.4, -0.2) is 34.6 Å². The molecular formula is C15H18BrN5O3. The first-order valence-electron chi connectivity index (χ1n) is 7.17. The smallest absolute Gasteiger partial charge is 0.363 e. The van der Waals surface area contributed by atoms with Crippen LogP contribution in [0.15, 0.2) is 26.5 Å². The molecule has 0 aliphatic rings. The number of benzene rings is 1. The van der Waals surface area contributed by atoms with E-state index >= 15 is 0 Å². The minimum atomic E-state index is -0.544. The van der Waals surface area contributed by atoms with Crippen molar-refractivity contribution >= 4 is 28.0 Å². The SMILES string of the molecule is COc1cc(/C=N/Nc2nc(=O)[nH]nc2C)cc(Br)c1OC(C)C. The first kappa shape index (κ1) is 17.9. The van der Waals surface area contributed by atoms with E-state index in [9.17, 15) is 4.79 Å². The predicted octanol–water partition coefficient (Wildman–Crippen LogP) is 2.48. The number of rotatable bonds is 6. The molecule has 0 aliphatic carbocycles. The molecular weight excluding hydrogens is 378 g/mol. The molecule has 9 heteroatoms. The van der Waals surface area contributed by atoms with Crippen molar-refractivity contribution in [2.75, 3.05) is 12.5 Å². The van der Waals surface area contributed by atoms with Gasteiger partial charge < -0.3 is 9.47 Å². The molecule has 2 N–H and O–H groups in total. The van der Waals surface area contributed by atoms with Gasteiger partial charge in [0.05, 0.1) is 23.9 Å². The van der Waals surface area contributed by atoms with E-state index in [4.69, 9.17) is 9.47 Å². The van der Waals surface area contributed by atoms with Gasteiger partial charge in [-0.05, 0) is 54.4 Å². The van der Waals surface area contributed by atoms with Gasteiger partial charge in [0.15, 0.2) is 17.3 Å². The number of hydrazone groups is 1. The van der Waals surface area contributed by atoms with Crippen LogP contribution < -0.4 is 20.6 Å². The molecule has 0 atom stereocenters. The van der Waals surface area contributed by atoms with Gasteiger partial charge >= 0.3 is 5.69 Å². The lowest BCUT2D eigenvalue weighted by Crippen LogP contribution is -2.15. The number of H-pyrrole nitrogens is 1. The molecule has 0 aliphatic heterocycles. The van der Waals surface area contributed by atoms with Crippen LogP contribution in [0.3, 0.4) is 0 Å². The highest BCUT2D eigenvalue weighted by Gasteiger charge is 2.12. The third-order valence-electron chi connectivity index (χ3n) is 2.86.